The van der Waals surface area contributed by atoms with Crippen LogP contribution in [0.2, 0.25) is 0 Å². The van der Waals surface area contributed by atoms with Gasteiger partial charge in [0.05, 0.1) is 0 Å². The summed E-state index contributed by atoms with van der Waals surface area (Å²) in [5.74, 6) is 0.218. The summed E-state index contributed by atoms with van der Waals surface area (Å²) in [6, 6.07) is 8.47. The molecular formula is C19H18F2O. The van der Waals surface area contributed by atoms with Crippen molar-refractivity contribution in [3.8, 4) is 0 Å². The maximum Gasteiger partial charge on any atom is 0.171 e. The van der Waals surface area contributed by atoms with Crippen LogP contribution in [0.3, 0.4) is 0 Å². The van der Waals surface area contributed by atoms with Crippen molar-refractivity contribution in [1.82, 2.24) is 0 Å². The van der Waals surface area contributed by atoms with Gasteiger partial charge in [0.15, 0.2) is 22.8 Å². The Kier molecular flexibility index (Phi) is 3.17. The molecule has 0 bridgehead atoms. The van der Waals surface area contributed by atoms with Crippen molar-refractivity contribution in [1.29, 1.82) is 0 Å². The van der Waals surface area contributed by atoms with Gasteiger partial charge >= 0.3 is 0 Å². The van der Waals surface area contributed by atoms with E-state index in [-0.39, 0.29) is 22.9 Å². The summed E-state index contributed by atoms with van der Waals surface area (Å²) in [6.07, 6.45) is 4.30. The van der Waals surface area contributed by atoms with Crippen LogP contribution in [-0.2, 0) is 0 Å². The van der Waals surface area contributed by atoms with Crippen LogP contribution in [0.1, 0.15) is 44.1 Å². The predicted molar refractivity (Wildman–Crippen MR) is 84.0 cm³/mol. The summed E-state index contributed by atoms with van der Waals surface area (Å²) in [5.41, 5.74) is 1.06. The number of hydrogen-bond acceptors (Lipinski definition) is 1. The van der Waals surface area contributed by atoms with E-state index in [0.717, 1.165) is 37.2 Å². The third kappa shape index (κ3) is 2.03. The van der Waals surface area contributed by atoms with Gasteiger partial charge in [0.2, 0.25) is 0 Å². The first-order valence-corrected chi connectivity index (χ1v) is 7.94. The van der Waals surface area contributed by atoms with Gasteiger partial charge in [-0.25, -0.2) is 8.78 Å². The minimum Gasteiger partial charge on any atom is -0.450 e. The second kappa shape index (κ2) is 5.08. The average molecular weight is 300 g/mol. The summed E-state index contributed by atoms with van der Waals surface area (Å²) in [6.45, 7) is 2.25. The molecule has 0 aliphatic heterocycles. The second-order valence-corrected chi connectivity index (χ2v) is 6.52. The molecule has 4 rings (SSSR count). The molecule has 1 nitrogen and oxygen atoms in total. The molecule has 0 N–H and O–H groups in total. The highest BCUT2D eigenvalue weighted by Gasteiger charge is 2.25. The van der Waals surface area contributed by atoms with E-state index in [2.05, 4.69) is 6.92 Å². The Hall–Kier alpha value is -1.90. The Bertz CT molecular complexity index is 841. The number of rotatable bonds is 1. The van der Waals surface area contributed by atoms with E-state index in [1.807, 2.05) is 12.1 Å². The maximum absolute atomic E-state index is 14.9. The van der Waals surface area contributed by atoms with Crippen LogP contribution in [0.15, 0.2) is 34.7 Å². The lowest BCUT2D eigenvalue weighted by atomic mass is 9.79. The molecule has 3 heteroatoms. The largest absolute Gasteiger partial charge is 0.450 e. The molecule has 0 unspecified atom stereocenters. The van der Waals surface area contributed by atoms with Crippen molar-refractivity contribution in [3.63, 3.8) is 0 Å². The Morgan fingerprint density at radius 1 is 0.909 bits per heavy atom. The molecule has 0 spiro atoms. The molecule has 0 amide bonds. The van der Waals surface area contributed by atoms with Crippen LogP contribution >= 0.6 is 0 Å². The highest BCUT2D eigenvalue weighted by atomic mass is 19.1. The minimum absolute atomic E-state index is 0.144. The third-order valence-corrected chi connectivity index (χ3v) is 5.04. The number of para-hydroxylation sites is 1. The van der Waals surface area contributed by atoms with Crippen LogP contribution < -0.4 is 0 Å². The van der Waals surface area contributed by atoms with Gasteiger partial charge in [-0.05, 0) is 42.4 Å². The second-order valence-electron chi connectivity index (χ2n) is 6.52. The van der Waals surface area contributed by atoms with E-state index < -0.39 is 5.82 Å². The third-order valence-electron chi connectivity index (χ3n) is 5.04. The zero-order chi connectivity index (χ0) is 15.3. The smallest absolute Gasteiger partial charge is 0.171 e. The number of furan rings is 1. The molecule has 1 heterocycles. The summed E-state index contributed by atoms with van der Waals surface area (Å²) >= 11 is 0. The van der Waals surface area contributed by atoms with Crippen molar-refractivity contribution < 1.29 is 13.2 Å². The summed E-state index contributed by atoms with van der Waals surface area (Å²) in [7, 11) is 0. The highest BCUT2D eigenvalue weighted by Crippen LogP contribution is 2.40. The molecule has 1 aliphatic rings. The molecule has 1 aliphatic carbocycles. The normalized spacial score (nSPS) is 22.5. The van der Waals surface area contributed by atoms with Gasteiger partial charge < -0.3 is 4.42 Å². The quantitative estimate of drug-likeness (QED) is 0.524. The van der Waals surface area contributed by atoms with E-state index in [9.17, 15) is 8.78 Å². The molecule has 1 aromatic heterocycles. The van der Waals surface area contributed by atoms with Gasteiger partial charge in [0.25, 0.3) is 0 Å². The lowest BCUT2D eigenvalue weighted by molar-refractivity contribution is 0.342. The van der Waals surface area contributed by atoms with E-state index in [4.69, 9.17) is 4.42 Å². The topological polar surface area (TPSA) is 13.1 Å². The van der Waals surface area contributed by atoms with Gasteiger partial charge in [-0.1, -0.05) is 38.0 Å². The van der Waals surface area contributed by atoms with Gasteiger partial charge in [0, 0.05) is 10.8 Å². The molecule has 114 valence electrons. The summed E-state index contributed by atoms with van der Waals surface area (Å²) in [5, 5.41) is 1.29. The molecule has 0 atom stereocenters. The lowest BCUT2D eigenvalue weighted by Gasteiger charge is -2.26. The standard InChI is InChI=1S/C19H18F2O/c1-11-5-7-12(8-6-11)13-9-10-15-14-3-2-4-16(20)18(14)22-19(15)17(13)21/h2-4,9-12H,5-8H2,1H3. The fraction of sp³-hybridized carbons (Fsp3) is 0.368. The van der Waals surface area contributed by atoms with Gasteiger partial charge in [-0.3, -0.25) is 0 Å². The molecule has 2 aromatic carbocycles. The molecule has 22 heavy (non-hydrogen) atoms. The SMILES string of the molecule is CC1CCC(c2ccc3c(oc4c(F)cccc43)c2F)CC1. The van der Waals surface area contributed by atoms with Gasteiger partial charge in [-0.15, -0.1) is 0 Å². The molecule has 0 radical (unpaired) electrons. The minimum atomic E-state index is -0.443. The van der Waals surface area contributed by atoms with Crippen molar-refractivity contribution in [2.75, 3.05) is 0 Å². The first kappa shape index (κ1) is 13.7. The molecule has 0 saturated heterocycles. The monoisotopic (exact) mass is 300 g/mol. The number of halogens is 2. The van der Waals surface area contributed by atoms with E-state index >= 15 is 0 Å². The molecule has 1 saturated carbocycles. The van der Waals surface area contributed by atoms with Gasteiger partial charge in [-0.2, -0.15) is 0 Å². The van der Waals surface area contributed by atoms with Crippen molar-refractivity contribution in [3.05, 3.63) is 47.5 Å². The Labute approximate surface area is 127 Å². The number of benzene rings is 2. The lowest BCUT2D eigenvalue weighted by Crippen LogP contribution is -2.12. The van der Waals surface area contributed by atoms with Crippen LogP contribution in [-0.4, -0.2) is 0 Å². The first-order valence-electron chi connectivity index (χ1n) is 7.94. The zero-order valence-corrected chi connectivity index (χ0v) is 12.5. The maximum atomic E-state index is 14.9. The average Bonchev–Trinajstić information content (AvgIpc) is 2.90. The summed E-state index contributed by atoms with van der Waals surface area (Å²) in [4.78, 5) is 0. The van der Waals surface area contributed by atoms with Crippen LogP contribution in [0.4, 0.5) is 8.78 Å². The van der Waals surface area contributed by atoms with Crippen LogP contribution in [0.5, 0.6) is 0 Å². The van der Waals surface area contributed by atoms with Gasteiger partial charge in [0.1, 0.15) is 0 Å². The molecule has 3 aromatic rings. The van der Waals surface area contributed by atoms with E-state index in [1.165, 1.54) is 6.07 Å². The van der Waals surface area contributed by atoms with E-state index in [0.29, 0.717) is 10.8 Å². The van der Waals surface area contributed by atoms with Crippen molar-refractivity contribution >= 4 is 21.9 Å². The van der Waals surface area contributed by atoms with Crippen LogP contribution in [0.25, 0.3) is 21.9 Å². The Morgan fingerprint density at radius 2 is 1.64 bits per heavy atom. The van der Waals surface area contributed by atoms with Crippen LogP contribution in [0, 0.1) is 17.6 Å². The summed E-state index contributed by atoms with van der Waals surface area (Å²) < 4.78 is 34.3. The highest BCUT2D eigenvalue weighted by molar-refractivity contribution is 6.05. The Morgan fingerprint density at radius 3 is 2.41 bits per heavy atom. The number of fused-ring (bicyclic) bond motifs is 3. The predicted octanol–water partition coefficient (Wildman–Crippen LogP) is 6.16. The Balaban J connectivity index is 1.87. The molecular weight excluding hydrogens is 282 g/mol. The van der Waals surface area contributed by atoms with Crippen molar-refractivity contribution in [2.45, 2.75) is 38.5 Å². The fourth-order valence-electron chi connectivity index (χ4n) is 3.70. The first-order chi connectivity index (χ1) is 10.6. The van der Waals surface area contributed by atoms with E-state index in [1.54, 1.807) is 12.1 Å². The zero-order valence-electron chi connectivity index (χ0n) is 12.5. The van der Waals surface area contributed by atoms with Crippen molar-refractivity contribution in [2.24, 2.45) is 5.92 Å². The molecule has 1 fully saturated rings. The fourth-order valence-corrected chi connectivity index (χ4v) is 3.70. The number of hydrogen-bond donors (Lipinski definition) is 0.